The molecule has 0 aliphatic carbocycles. The van der Waals surface area contributed by atoms with Gasteiger partial charge in [0.05, 0.1) is 19.9 Å². The summed E-state index contributed by atoms with van der Waals surface area (Å²) < 4.78 is 11.4. The second-order valence-corrected chi connectivity index (χ2v) is 5.92. The molecule has 1 aromatic heterocycles. The molecule has 2 rings (SSSR count). The molecular formula is C12H12BrNO2S. The van der Waals surface area contributed by atoms with Crippen molar-refractivity contribution in [2.75, 3.05) is 14.2 Å². The van der Waals surface area contributed by atoms with Gasteiger partial charge in [0.2, 0.25) is 0 Å². The fraction of sp³-hybridized carbons (Fsp3) is 0.250. The number of hydrogen-bond acceptors (Lipinski definition) is 4. The average Bonchev–Trinajstić information content (AvgIpc) is 2.67. The zero-order valence-electron chi connectivity index (χ0n) is 9.78. The fourth-order valence-corrected chi connectivity index (χ4v) is 3.17. The summed E-state index contributed by atoms with van der Waals surface area (Å²) in [7, 11) is 3.26. The topological polar surface area (TPSA) is 31.4 Å². The maximum Gasteiger partial charge on any atom is 0.161 e. The van der Waals surface area contributed by atoms with Crippen LogP contribution in [0, 0.1) is 6.92 Å². The lowest BCUT2D eigenvalue weighted by atomic mass is 10.1. The number of methoxy groups -OCH3 is 2. The Kier molecular flexibility index (Phi) is 3.69. The van der Waals surface area contributed by atoms with E-state index in [1.165, 1.54) is 4.88 Å². The van der Waals surface area contributed by atoms with Crippen molar-refractivity contribution in [1.82, 2.24) is 4.98 Å². The fourth-order valence-electron chi connectivity index (χ4n) is 1.62. The summed E-state index contributed by atoms with van der Waals surface area (Å²) in [5.41, 5.74) is 2.00. The Labute approximate surface area is 113 Å². The first-order chi connectivity index (χ1) is 8.15. The van der Waals surface area contributed by atoms with E-state index in [4.69, 9.17) is 9.47 Å². The molecule has 0 unspecified atom stereocenters. The molecule has 17 heavy (non-hydrogen) atoms. The highest BCUT2D eigenvalue weighted by Gasteiger charge is 2.11. The van der Waals surface area contributed by atoms with E-state index in [1.54, 1.807) is 25.6 Å². The molecule has 90 valence electrons. The maximum absolute atomic E-state index is 5.28. The molecule has 0 saturated carbocycles. The lowest BCUT2D eigenvalue weighted by Crippen LogP contribution is -1.91. The third kappa shape index (κ3) is 2.45. The van der Waals surface area contributed by atoms with E-state index in [9.17, 15) is 0 Å². The largest absolute Gasteiger partial charge is 0.493 e. The minimum absolute atomic E-state index is 0.716. The zero-order valence-corrected chi connectivity index (χ0v) is 12.2. The van der Waals surface area contributed by atoms with Gasteiger partial charge < -0.3 is 9.47 Å². The summed E-state index contributed by atoms with van der Waals surface area (Å²) in [6, 6.07) is 5.81. The molecule has 1 aromatic carbocycles. The van der Waals surface area contributed by atoms with Crippen LogP contribution in [0.5, 0.6) is 11.5 Å². The van der Waals surface area contributed by atoms with Crippen molar-refractivity contribution >= 4 is 27.3 Å². The Morgan fingerprint density at radius 1 is 1.18 bits per heavy atom. The predicted octanol–water partition coefficient (Wildman–Crippen LogP) is 3.90. The van der Waals surface area contributed by atoms with Gasteiger partial charge in [-0.25, -0.2) is 4.98 Å². The van der Waals surface area contributed by atoms with Crippen molar-refractivity contribution in [3.05, 3.63) is 27.0 Å². The van der Waals surface area contributed by atoms with Gasteiger partial charge in [-0.05, 0) is 41.1 Å². The number of thiazole rings is 1. The van der Waals surface area contributed by atoms with Crippen LogP contribution in [0.4, 0.5) is 0 Å². The Hall–Kier alpha value is -1.07. The Bertz CT molecular complexity index is 539. The summed E-state index contributed by atoms with van der Waals surface area (Å²) in [5, 5.41) is 0. The normalized spacial score (nSPS) is 10.4. The van der Waals surface area contributed by atoms with E-state index in [-0.39, 0.29) is 0 Å². The zero-order chi connectivity index (χ0) is 12.4. The van der Waals surface area contributed by atoms with Crippen molar-refractivity contribution in [1.29, 1.82) is 0 Å². The SMILES string of the molecule is COc1ccc(-c2nc(Br)sc2C)cc1OC. The highest BCUT2D eigenvalue weighted by atomic mass is 79.9. The van der Waals surface area contributed by atoms with Crippen molar-refractivity contribution in [2.45, 2.75) is 6.92 Å². The van der Waals surface area contributed by atoms with Gasteiger partial charge in [-0.15, -0.1) is 11.3 Å². The summed E-state index contributed by atoms with van der Waals surface area (Å²) in [6.45, 7) is 2.05. The summed E-state index contributed by atoms with van der Waals surface area (Å²) in [4.78, 5) is 5.62. The first-order valence-electron chi connectivity index (χ1n) is 5.01. The quantitative estimate of drug-likeness (QED) is 0.861. The molecule has 0 aliphatic heterocycles. The second-order valence-electron chi connectivity index (χ2n) is 3.44. The number of aromatic nitrogens is 1. The number of halogens is 1. The predicted molar refractivity (Wildman–Crippen MR) is 73.1 cm³/mol. The number of nitrogens with zero attached hydrogens (tertiary/aromatic N) is 1. The number of aryl methyl sites for hydroxylation is 1. The van der Waals surface area contributed by atoms with Gasteiger partial charge in [-0.2, -0.15) is 0 Å². The van der Waals surface area contributed by atoms with Crippen LogP contribution in [0.15, 0.2) is 22.1 Å². The summed E-state index contributed by atoms with van der Waals surface area (Å²) in [5.74, 6) is 1.44. The van der Waals surface area contributed by atoms with E-state index < -0.39 is 0 Å². The smallest absolute Gasteiger partial charge is 0.161 e. The van der Waals surface area contributed by atoms with E-state index in [0.29, 0.717) is 5.75 Å². The molecule has 2 aromatic rings. The number of benzene rings is 1. The van der Waals surface area contributed by atoms with Crippen molar-refractivity contribution in [2.24, 2.45) is 0 Å². The molecule has 0 atom stereocenters. The van der Waals surface area contributed by atoms with Gasteiger partial charge >= 0.3 is 0 Å². The van der Waals surface area contributed by atoms with Crippen LogP contribution in [-0.2, 0) is 0 Å². The van der Waals surface area contributed by atoms with Crippen molar-refractivity contribution < 1.29 is 9.47 Å². The van der Waals surface area contributed by atoms with Crippen LogP contribution in [-0.4, -0.2) is 19.2 Å². The van der Waals surface area contributed by atoms with Gasteiger partial charge in [0.25, 0.3) is 0 Å². The molecule has 0 fully saturated rings. The van der Waals surface area contributed by atoms with Crippen LogP contribution >= 0.6 is 27.3 Å². The average molecular weight is 314 g/mol. The van der Waals surface area contributed by atoms with E-state index in [1.807, 2.05) is 18.2 Å². The minimum Gasteiger partial charge on any atom is -0.493 e. The third-order valence-electron chi connectivity index (χ3n) is 2.43. The number of rotatable bonds is 3. The Morgan fingerprint density at radius 2 is 1.88 bits per heavy atom. The van der Waals surface area contributed by atoms with Crippen LogP contribution in [0.3, 0.4) is 0 Å². The second kappa shape index (κ2) is 5.06. The molecule has 0 aliphatic rings. The molecule has 5 heteroatoms. The van der Waals surface area contributed by atoms with Crippen LogP contribution in [0.2, 0.25) is 0 Å². The molecule has 0 saturated heterocycles. The standard InChI is InChI=1S/C12H12BrNO2S/c1-7-11(14-12(13)17-7)8-4-5-9(15-2)10(6-8)16-3/h4-6H,1-3H3. The van der Waals surface area contributed by atoms with E-state index >= 15 is 0 Å². The van der Waals surface area contributed by atoms with E-state index in [2.05, 4.69) is 27.8 Å². The molecule has 1 heterocycles. The highest BCUT2D eigenvalue weighted by Crippen LogP contribution is 2.35. The van der Waals surface area contributed by atoms with Crippen LogP contribution in [0.1, 0.15) is 4.88 Å². The molecule has 0 amide bonds. The lowest BCUT2D eigenvalue weighted by molar-refractivity contribution is 0.355. The van der Waals surface area contributed by atoms with Gasteiger partial charge in [0.15, 0.2) is 15.4 Å². The molecule has 0 spiro atoms. The van der Waals surface area contributed by atoms with Crippen LogP contribution in [0.25, 0.3) is 11.3 Å². The van der Waals surface area contributed by atoms with Gasteiger partial charge in [0.1, 0.15) is 0 Å². The van der Waals surface area contributed by atoms with Crippen molar-refractivity contribution in [3.63, 3.8) is 0 Å². The maximum atomic E-state index is 5.28. The summed E-state index contributed by atoms with van der Waals surface area (Å²) in [6.07, 6.45) is 0. The molecule has 0 N–H and O–H groups in total. The third-order valence-corrected chi connectivity index (χ3v) is 3.85. The lowest BCUT2D eigenvalue weighted by Gasteiger charge is -2.08. The molecular weight excluding hydrogens is 302 g/mol. The number of ether oxygens (including phenoxy) is 2. The monoisotopic (exact) mass is 313 g/mol. The van der Waals surface area contributed by atoms with E-state index in [0.717, 1.165) is 20.9 Å². The van der Waals surface area contributed by atoms with Crippen LogP contribution < -0.4 is 9.47 Å². The Morgan fingerprint density at radius 3 is 2.41 bits per heavy atom. The van der Waals surface area contributed by atoms with Gasteiger partial charge in [0, 0.05) is 10.4 Å². The Balaban J connectivity index is 2.50. The van der Waals surface area contributed by atoms with Gasteiger partial charge in [-0.1, -0.05) is 0 Å². The summed E-state index contributed by atoms with van der Waals surface area (Å²) >= 11 is 5.02. The first-order valence-corrected chi connectivity index (χ1v) is 6.62. The van der Waals surface area contributed by atoms with Crippen molar-refractivity contribution in [3.8, 4) is 22.8 Å². The molecule has 3 nitrogen and oxygen atoms in total. The minimum atomic E-state index is 0.716. The molecule has 0 radical (unpaired) electrons. The number of hydrogen-bond donors (Lipinski definition) is 0. The first kappa shape index (κ1) is 12.4. The highest BCUT2D eigenvalue weighted by molar-refractivity contribution is 9.11. The van der Waals surface area contributed by atoms with Gasteiger partial charge in [-0.3, -0.25) is 0 Å². The molecule has 0 bridgehead atoms.